The molecule has 1 aromatic heterocycles. The van der Waals surface area contributed by atoms with Gasteiger partial charge in [0, 0.05) is 18.8 Å². The number of carbonyl (C=O) groups excluding carboxylic acids is 1. The lowest BCUT2D eigenvalue weighted by atomic mass is 10.0. The lowest BCUT2D eigenvalue weighted by Crippen LogP contribution is -2.14. The van der Waals surface area contributed by atoms with Crippen LogP contribution in [-0.2, 0) is 11.8 Å². The van der Waals surface area contributed by atoms with Gasteiger partial charge in [-0.2, -0.15) is 0 Å². The molecule has 0 spiro atoms. The van der Waals surface area contributed by atoms with Crippen LogP contribution in [0.5, 0.6) is 17.2 Å². The number of benzene rings is 2. The number of anilines is 1. The minimum atomic E-state index is -0.283. The summed E-state index contributed by atoms with van der Waals surface area (Å²) in [5, 5.41) is 12.0. The molecule has 9 heteroatoms. The van der Waals surface area contributed by atoms with Crippen molar-refractivity contribution in [2.75, 3.05) is 17.9 Å². The summed E-state index contributed by atoms with van der Waals surface area (Å²) in [6, 6.07) is 13.4. The first-order valence-electron chi connectivity index (χ1n) is 10.4. The van der Waals surface area contributed by atoms with Crippen molar-refractivity contribution >= 4 is 23.4 Å². The summed E-state index contributed by atoms with van der Waals surface area (Å²) < 4.78 is 18.5. The first-order chi connectivity index (χ1) is 15.4. The largest absolute Gasteiger partial charge is 0.483 e. The number of nitrogens with zero attached hydrogens (tertiary/aromatic N) is 3. The van der Waals surface area contributed by atoms with Crippen LogP contribution in [-0.4, -0.2) is 33.2 Å². The van der Waals surface area contributed by atoms with E-state index in [0.717, 1.165) is 5.75 Å². The highest BCUT2D eigenvalue weighted by atomic mass is 32.2. The molecule has 2 heterocycles. The Kier molecular flexibility index (Phi) is 6.55. The lowest BCUT2D eigenvalue weighted by Gasteiger charge is -2.15. The molecule has 0 fully saturated rings. The highest BCUT2D eigenvalue weighted by molar-refractivity contribution is 7.99. The zero-order valence-corrected chi connectivity index (χ0v) is 19.3. The van der Waals surface area contributed by atoms with Crippen LogP contribution in [0.2, 0.25) is 0 Å². The van der Waals surface area contributed by atoms with Gasteiger partial charge in [-0.15, -0.1) is 10.2 Å². The van der Waals surface area contributed by atoms with Crippen molar-refractivity contribution in [3.8, 4) is 17.2 Å². The molecular formula is C23H26N4O4S. The summed E-state index contributed by atoms with van der Waals surface area (Å²) >= 11 is 1.32. The maximum Gasteiger partial charge on any atom is 0.234 e. The van der Waals surface area contributed by atoms with E-state index in [1.165, 1.54) is 17.3 Å². The number of hydrogen-bond donors (Lipinski definition) is 1. The summed E-state index contributed by atoms with van der Waals surface area (Å²) in [4.78, 5) is 12.4. The predicted molar refractivity (Wildman–Crippen MR) is 122 cm³/mol. The molecule has 32 heavy (non-hydrogen) atoms. The molecule has 8 nitrogen and oxygen atoms in total. The number of hydrogen-bond acceptors (Lipinski definition) is 7. The van der Waals surface area contributed by atoms with E-state index in [1.54, 1.807) is 18.2 Å². The van der Waals surface area contributed by atoms with Crippen LogP contribution in [0, 0.1) is 0 Å². The minimum absolute atomic E-state index is 0.145. The highest BCUT2D eigenvalue weighted by Crippen LogP contribution is 2.34. The van der Waals surface area contributed by atoms with Crippen LogP contribution in [0.25, 0.3) is 0 Å². The maximum atomic E-state index is 12.4. The number of thioether (sulfide) groups is 1. The van der Waals surface area contributed by atoms with Crippen molar-refractivity contribution in [1.82, 2.24) is 14.8 Å². The Morgan fingerprint density at radius 1 is 1.12 bits per heavy atom. The van der Waals surface area contributed by atoms with Gasteiger partial charge in [0.05, 0.1) is 5.75 Å². The normalized spacial score (nSPS) is 13.3. The Morgan fingerprint density at radius 3 is 2.62 bits per heavy atom. The van der Waals surface area contributed by atoms with Crippen molar-refractivity contribution in [2.45, 2.75) is 37.9 Å². The van der Waals surface area contributed by atoms with Crippen LogP contribution < -0.4 is 19.5 Å². The molecule has 1 aliphatic heterocycles. The zero-order chi connectivity index (χ0) is 22.7. The molecular weight excluding hydrogens is 428 g/mol. The second-order valence-corrected chi connectivity index (χ2v) is 8.73. The third kappa shape index (κ3) is 4.99. The van der Waals surface area contributed by atoms with Gasteiger partial charge in [0.1, 0.15) is 5.75 Å². The number of rotatable bonds is 8. The molecule has 3 aromatic rings. The van der Waals surface area contributed by atoms with E-state index in [-0.39, 0.29) is 24.6 Å². The van der Waals surface area contributed by atoms with Crippen molar-refractivity contribution in [3.05, 3.63) is 53.9 Å². The van der Waals surface area contributed by atoms with E-state index >= 15 is 0 Å². The molecule has 1 atom stereocenters. The molecule has 1 N–H and O–H groups in total. The Labute approximate surface area is 191 Å². The van der Waals surface area contributed by atoms with Crippen LogP contribution in [0.4, 0.5) is 5.69 Å². The molecule has 1 aliphatic rings. The molecule has 1 unspecified atom stereocenters. The lowest BCUT2D eigenvalue weighted by molar-refractivity contribution is -0.113. The molecule has 0 aliphatic carbocycles. The predicted octanol–water partition coefficient (Wildman–Crippen LogP) is 4.54. The number of fused-ring (bicyclic) bond motifs is 1. The van der Waals surface area contributed by atoms with Gasteiger partial charge in [-0.1, -0.05) is 37.7 Å². The zero-order valence-electron chi connectivity index (χ0n) is 18.5. The number of aromatic nitrogens is 3. The number of nitrogens with one attached hydrogen (secondary N) is 1. The SMILES string of the molecule is CC(C)c1ccc(OC(C)c2nnc(SCC(=O)Nc3ccc4c(c3)OCO4)n2C)cc1. The van der Waals surface area contributed by atoms with Gasteiger partial charge in [-0.25, -0.2) is 0 Å². The number of carbonyl (C=O) groups is 1. The molecule has 0 radical (unpaired) electrons. The summed E-state index contributed by atoms with van der Waals surface area (Å²) in [5.41, 5.74) is 1.92. The Hall–Kier alpha value is -3.20. The van der Waals surface area contributed by atoms with Crippen molar-refractivity contribution in [1.29, 1.82) is 0 Å². The van der Waals surface area contributed by atoms with E-state index < -0.39 is 0 Å². The molecule has 0 bridgehead atoms. The van der Waals surface area contributed by atoms with Gasteiger partial charge in [-0.05, 0) is 42.7 Å². The van der Waals surface area contributed by atoms with E-state index in [4.69, 9.17) is 14.2 Å². The van der Waals surface area contributed by atoms with Crippen LogP contribution >= 0.6 is 11.8 Å². The second-order valence-electron chi connectivity index (χ2n) is 7.79. The van der Waals surface area contributed by atoms with E-state index in [9.17, 15) is 4.79 Å². The van der Waals surface area contributed by atoms with Gasteiger partial charge in [0.15, 0.2) is 28.6 Å². The average Bonchev–Trinajstić information content (AvgIpc) is 3.38. The summed E-state index contributed by atoms with van der Waals surface area (Å²) in [7, 11) is 1.87. The third-order valence-corrected chi connectivity index (χ3v) is 6.10. The Morgan fingerprint density at radius 2 is 1.88 bits per heavy atom. The van der Waals surface area contributed by atoms with E-state index in [0.29, 0.717) is 34.1 Å². The highest BCUT2D eigenvalue weighted by Gasteiger charge is 2.19. The topological polar surface area (TPSA) is 87.5 Å². The van der Waals surface area contributed by atoms with Gasteiger partial charge in [-0.3, -0.25) is 4.79 Å². The number of ether oxygens (including phenoxy) is 3. The van der Waals surface area contributed by atoms with Crippen molar-refractivity contribution in [2.24, 2.45) is 7.05 Å². The quantitative estimate of drug-likeness (QED) is 0.500. The van der Waals surface area contributed by atoms with Crippen LogP contribution in [0.3, 0.4) is 0 Å². The smallest absolute Gasteiger partial charge is 0.234 e. The van der Waals surface area contributed by atoms with E-state index in [2.05, 4.69) is 41.5 Å². The first kappa shape index (κ1) is 22.0. The molecule has 0 saturated heterocycles. The molecule has 2 aromatic carbocycles. The fraction of sp³-hybridized carbons (Fsp3) is 0.348. The van der Waals surface area contributed by atoms with Crippen molar-refractivity contribution < 1.29 is 19.0 Å². The fourth-order valence-corrected chi connectivity index (χ4v) is 4.01. The maximum absolute atomic E-state index is 12.4. The molecule has 168 valence electrons. The molecule has 0 saturated carbocycles. The Bertz CT molecular complexity index is 1100. The summed E-state index contributed by atoms with van der Waals surface area (Å²) in [6.45, 7) is 6.45. The Balaban J connectivity index is 1.32. The number of amides is 1. The van der Waals surface area contributed by atoms with Crippen LogP contribution in [0.15, 0.2) is 47.6 Å². The third-order valence-electron chi connectivity index (χ3n) is 5.08. The van der Waals surface area contributed by atoms with Gasteiger partial charge in [0.25, 0.3) is 0 Å². The fourth-order valence-electron chi connectivity index (χ4n) is 3.30. The van der Waals surface area contributed by atoms with Crippen molar-refractivity contribution in [3.63, 3.8) is 0 Å². The standard InChI is InChI=1S/C23H26N4O4S/c1-14(2)16-5-8-18(9-6-16)31-15(3)22-25-26-23(27(22)4)32-12-21(28)24-17-7-10-19-20(11-17)30-13-29-19/h5-11,14-15H,12-13H2,1-4H3,(H,24,28). The second kappa shape index (κ2) is 9.52. The first-order valence-corrected chi connectivity index (χ1v) is 11.4. The van der Waals surface area contributed by atoms with Gasteiger partial charge >= 0.3 is 0 Å². The van der Waals surface area contributed by atoms with Crippen LogP contribution in [0.1, 0.15) is 44.2 Å². The average molecular weight is 455 g/mol. The molecule has 4 rings (SSSR count). The summed E-state index contributed by atoms with van der Waals surface area (Å²) in [5.74, 6) is 3.30. The molecule has 1 amide bonds. The monoisotopic (exact) mass is 454 g/mol. The van der Waals surface area contributed by atoms with Gasteiger partial charge in [0.2, 0.25) is 12.7 Å². The van der Waals surface area contributed by atoms with Gasteiger partial charge < -0.3 is 24.1 Å². The van der Waals surface area contributed by atoms with E-state index in [1.807, 2.05) is 30.7 Å². The minimum Gasteiger partial charge on any atom is -0.483 e. The summed E-state index contributed by atoms with van der Waals surface area (Å²) in [6.07, 6.45) is -0.283.